The first-order valence-electron chi connectivity index (χ1n) is 6.93. The monoisotopic (exact) mass is 264 g/mol. The van der Waals surface area contributed by atoms with Crippen LogP contribution in [-0.2, 0) is 0 Å². The highest BCUT2D eigenvalue weighted by atomic mass is 16.6. The van der Waals surface area contributed by atoms with Gasteiger partial charge in [-0.15, -0.1) is 0 Å². The summed E-state index contributed by atoms with van der Waals surface area (Å²) in [6, 6.07) is 0. The van der Waals surface area contributed by atoms with Crippen molar-refractivity contribution in [1.82, 2.24) is 10.3 Å². The van der Waals surface area contributed by atoms with E-state index in [2.05, 4.69) is 14.9 Å². The van der Waals surface area contributed by atoms with Gasteiger partial charge in [0.05, 0.1) is 0 Å². The lowest BCUT2D eigenvalue weighted by Gasteiger charge is -2.53. The van der Waals surface area contributed by atoms with Crippen LogP contribution in [0.1, 0.15) is 42.6 Å². The van der Waals surface area contributed by atoms with Gasteiger partial charge in [-0.05, 0) is 66.1 Å². The molecule has 4 aliphatic carbocycles. The number of aromatic nitrogens is 2. The molecule has 4 bridgehead atoms. The number of ether oxygens (including phenoxy) is 1. The summed E-state index contributed by atoms with van der Waals surface area (Å²) in [7, 11) is 0. The third-order valence-electron chi connectivity index (χ3n) is 5.05. The molecule has 6 heteroatoms. The lowest BCUT2D eigenvalue weighted by atomic mass is 9.55. The molecule has 1 N–H and O–H groups in total. The van der Waals surface area contributed by atoms with Crippen molar-refractivity contribution in [2.75, 3.05) is 0 Å². The molecule has 19 heavy (non-hydrogen) atoms. The van der Waals surface area contributed by atoms with Gasteiger partial charge in [-0.3, -0.25) is 0 Å². The van der Waals surface area contributed by atoms with Crippen LogP contribution < -0.4 is 4.74 Å². The molecule has 0 saturated heterocycles. The van der Waals surface area contributed by atoms with Crippen LogP contribution in [-0.4, -0.2) is 27.5 Å². The predicted molar refractivity (Wildman–Crippen MR) is 62.7 cm³/mol. The van der Waals surface area contributed by atoms with E-state index in [0.717, 1.165) is 11.8 Å². The number of hydrogen-bond donors (Lipinski definition) is 1. The van der Waals surface area contributed by atoms with E-state index in [1.165, 1.54) is 32.1 Å². The van der Waals surface area contributed by atoms with Crippen molar-refractivity contribution in [2.24, 2.45) is 23.7 Å². The van der Waals surface area contributed by atoms with Crippen LogP contribution in [0, 0.1) is 23.7 Å². The summed E-state index contributed by atoms with van der Waals surface area (Å²) in [5.41, 5.74) is -0.214. The lowest BCUT2D eigenvalue weighted by Crippen LogP contribution is -2.50. The number of aromatic carboxylic acids is 1. The summed E-state index contributed by atoms with van der Waals surface area (Å²) in [5, 5.41) is 16.0. The number of hydrogen-bond acceptors (Lipinski definition) is 5. The summed E-state index contributed by atoms with van der Waals surface area (Å²) in [6.07, 6.45) is 6.33. The second kappa shape index (κ2) is 3.95. The summed E-state index contributed by atoms with van der Waals surface area (Å²) in [4.78, 5) is 11.0. The Labute approximate surface area is 110 Å². The zero-order valence-corrected chi connectivity index (χ0v) is 10.5. The molecule has 1 aromatic rings. The van der Waals surface area contributed by atoms with Gasteiger partial charge in [0.25, 0.3) is 11.6 Å². The van der Waals surface area contributed by atoms with Gasteiger partial charge in [-0.1, -0.05) is 0 Å². The zero-order valence-electron chi connectivity index (χ0n) is 10.5. The normalized spacial score (nSPS) is 39.5. The maximum Gasteiger partial charge on any atom is 0.363 e. The average molecular weight is 264 g/mol. The van der Waals surface area contributed by atoms with Gasteiger partial charge >= 0.3 is 5.97 Å². The van der Waals surface area contributed by atoms with Crippen molar-refractivity contribution in [3.63, 3.8) is 0 Å². The van der Waals surface area contributed by atoms with Gasteiger partial charge in [-0.2, -0.15) is 0 Å². The van der Waals surface area contributed by atoms with E-state index in [9.17, 15) is 4.79 Å². The Morgan fingerprint density at radius 3 is 2.32 bits per heavy atom. The Morgan fingerprint density at radius 2 is 1.74 bits per heavy atom. The van der Waals surface area contributed by atoms with E-state index in [4.69, 9.17) is 9.84 Å². The number of rotatable bonds is 3. The molecule has 4 fully saturated rings. The van der Waals surface area contributed by atoms with Crippen molar-refractivity contribution in [2.45, 2.75) is 38.2 Å². The van der Waals surface area contributed by atoms with E-state index < -0.39 is 5.97 Å². The number of carboxylic acids is 1. The van der Waals surface area contributed by atoms with Crippen LogP contribution >= 0.6 is 0 Å². The van der Waals surface area contributed by atoms with E-state index in [-0.39, 0.29) is 17.7 Å². The first-order valence-corrected chi connectivity index (χ1v) is 6.93. The van der Waals surface area contributed by atoms with Crippen molar-refractivity contribution in [1.29, 1.82) is 0 Å². The van der Waals surface area contributed by atoms with Crippen molar-refractivity contribution < 1.29 is 19.3 Å². The molecule has 4 aliphatic rings. The topological polar surface area (TPSA) is 85.5 Å². The third-order valence-corrected chi connectivity index (χ3v) is 5.05. The molecule has 1 heterocycles. The molecule has 1 aromatic heterocycles. The minimum absolute atomic E-state index is 0.0463. The Kier molecular flexibility index (Phi) is 2.34. The number of nitrogens with zero attached hydrogens (tertiary/aromatic N) is 2. The first-order chi connectivity index (χ1) is 9.20. The van der Waals surface area contributed by atoms with Crippen LogP contribution in [0.15, 0.2) is 4.63 Å². The molecule has 0 aromatic carbocycles. The Bertz CT molecular complexity index is 484. The van der Waals surface area contributed by atoms with Crippen LogP contribution in [0.5, 0.6) is 5.88 Å². The van der Waals surface area contributed by atoms with E-state index in [1.54, 1.807) is 0 Å². The molecule has 4 saturated carbocycles. The van der Waals surface area contributed by atoms with Crippen molar-refractivity contribution >= 4 is 5.97 Å². The Balaban J connectivity index is 1.57. The highest BCUT2D eigenvalue weighted by molar-refractivity contribution is 5.87. The molecule has 0 aliphatic heterocycles. The van der Waals surface area contributed by atoms with Gasteiger partial charge in [0, 0.05) is 0 Å². The number of carbonyl (C=O) groups is 1. The molecule has 6 nitrogen and oxygen atoms in total. The average Bonchev–Trinajstić information content (AvgIpc) is 2.81. The SMILES string of the molecule is O=C(O)c1nonc1OC1C2CC3CC(C2)CC1C3. The summed E-state index contributed by atoms with van der Waals surface area (Å²) < 4.78 is 10.4. The molecule has 0 radical (unpaired) electrons. The van der Waals surface area contributed by atoms with Gasteiger partial charge in [0.1, 0.15) is 6.10 Å². The van der Waals surface area contributed by atoms with Crippen LogP contribution in [0.2, 0.25) is 0 Å². The molecule has 0 atom stereocenters. The summed E-state index contributed by atoms with van der Waals surface area (Å²) in [6.45, 7) is 0. The maximum absolute atomic E-state index is 11.0. The van der Waals surface area contributed by atoms with Crippen LogP contribution in [0.4, 0.5) is 0 Å². The Morgan fingerprint density at radius 1 is 1.11 bits per heavy atom. The quantitative estimate of drug-likeness (QED) is 0.898. The Hall–Kier alpha value is -1.59. The lowest BCUT2D eigenvalue weighted by molar-refractivity contribution is -0.0815. The fourth-order valence-electron chi connectivity index (χ4n) is 4.59. The molecule has 5 rings (SSSR count). The van der Waals surface area contributed by atoms with E-state index in [1.807, 2.05) is 0 Å². The first kappa shape index (κ1) is 11.3. The second-order valence-electron chi connectivity index (χ2n) is 6.24. The fraction of sp³-hybridized carbons (Fsp3) is 0.769. The van der Waals surface area contributed by atoms with Crippen molar-refractivity contribution in [3.8, 4) is 5.88 Å². The molecular formula is C13H16N2O4. The summed E-state index contributed by atoms with van der Waals surface area (Å²) in [5.74, 6) is 1.71. The van der Waals surface area contributed by atoms with Gasteiger partial charge in [-0.25, -0.2) is 9.42 Å². The molecule has 0 spiro atoms. The highest BCUT2D eigenvalue weighted by Gasteiger charge is 2.50. The zero-order chi connectivity index (χ0) is 13.0. The van der Waals surface area contributed by atoms with E-state index in [0.29, 0.717) is 11.8 Å². The van der Waals surface area contributed by atoms with Gasteiger partial charge in [0.15, 0.2) is 0 Å². The minimum atomic E-state index is -1.15. The van der Waals surface area contributed by atoms with Gasteiger partial charge in [0.2, 0.25) is 0 Å². The van der Waals surface area contributed by atoms with E-state index >= 15 is 0 Å². The van der Waals surface area contributed by atoms with Gasteiger partial charge < -0.3 is 9.84 Å². The molecule has 102 valence electrons. The molecule has 0 unspecified atom stereocenters. The summed E-state index contributed by atoms with van der Waals surface area (Å²) >= 11 is 0. The predicted octanol–water partition coefficient (Wildman–Crippen LogP) is 1.97. The smallest absolute Gasteiger partial charge is 0.363 e. The van der Waals surface area contributed by atoms with Crippen molar-refractivity contribution in [3.05, 3.63) is 5.69 Å². The second-order valence-corrected chi connectivity index (χ2v) is 6.24. The maximum atomic E-state index is 11.0. The fourth-order valence-corrected chi connectivity index (χ4v) is 4.59. The standard InChI is InChI=1S/C13H16N2O4/c16-13(17)10-12(15-19-14-10)18-11-8-2-6-1-7(4-8)5-9(11)3-6/h6-9,11H,1-5H2,(H,16,17). The number of carboxylic acid groups (broad SMARTS) is 1. The van der Waals surface area contributed by atoms with Crippen LogP contribution in [0.25, 0.3) is 0 Å². The minimum Gasteiger partial charge on any atom is -0.476 e. The highest BCUT2D eigenvalue weighted by Crippen LogP contribution is 2.54. The molecule has 0 amide bonds. The van der Waals surface area contributed by atoms with Crippen LogP contribution in [0.3, 0.4) is 0 Å². The third kappa shape index (κ3) is 1.73. The largest absolute Gasteiger partial charge is 0.476 e. The molecular weight excluding hydrogens is 248 g/mol.